The van der Waals surface area contributed by atoms with Crippen molar-refractivity contribution < 1.29 is 35.9 Å². The summed E-state index contributed by atoms with van der Waals surface area (Å²) in [4.78, 5) is 12.0. The summed E-state index contributed by atoms with van der Waals surface area (Å²) in [6, 6.07) is 7.33. The van der Waals surface area contributed by atoms with Crippen molar-refractivity contribution in [1.29, 1.82) is 0 Å². The van der Waals surface area contributed by atoms with Gasteiger partial charge >= 0.3 is 5.97 Å². The van der Waals surface area contributed by atoms with E-state index >= 15 is 0 Å². The fourth-order valence-corrected chi connectivity index (χ4v) is 4.89. The van der Waals surface area contributed by atoms with Crippen LogP contribution in [-0.4, -0.2) is 21.5 Å². The van der Waals surface area contributed by atoms with E-state index in [1.807, 2.05) is 4.72 Å². The molecule has 0 spiro atoms. The number of hydrogen-bond acceptors (Lipinski definition) is 5. The van der Waals surface area contributed by atoms with Crippen LogP contribution < -0.4 is 9.46 Å². The van der Waals surface area contributed by atoms with Crippen LogP contribution in [0.2, 0.25) is 5.02 Å². The first kappa shape index (κ1) is 22.0. The highest BCUT2D eigenvalue weighted by molar-refractivity contribution is 7.92. The number of hydrogen-bond donors (Lipinski definition) is 1. The summed E-state index contributed by atoms with van der Waals surface area (Å²) in [5, 5.41) is -0.222. The maximum absolute atomic E-state index is 14.5. The maximum atomic E-state index is 14.5. The zero-order valence-electron chi connectivity index (χ0n) is 16.2. The Balaban J connectivity index is 2.03. The average Bonchev–Trinajstić information content (AvgIpc) is 2.74. The quantitative estimate of drug-likeness (QED) is 0.498. The minimum Gasteiger partial charge on any atom is -0.494 e. The first-order chi connectivity index (χ1) is 15.1. The lowest BCUT2D eigenvalue weighted by molar-refractivity contribution is 0.0473. The highest BCUT2D eigenvalue weighted by Crippen LogP contribution is 2.37. The van der Waals surface area contributed by atoms with E-state index in [2.05, 4.69) is 0 Å². The molecule has 1 aliphatic heterocycles. The van der Waals surface area contributed by atoms with Gasteiger partial charge in [0.25, 0.3) is 10.0 Å². The molecule has 1 aliphatic rings. The molecule has 0 atom stereocenters. The lowest BCUT2D eigenvalue weighted by Crippen LogP contribution is -2.17. The Kier molecular flexibility index (Phi) is 5.51. The van der Waals surface area contributed by atoms with E-state index < -0.39 is 44.0 Å². The third-order valence-corrected chi connectivity index (χ3v) is 6.40. The summed E-state index contributed by atoms with van der Waals surface area (Å²) in [5.74, 6) is -4.77. The number of carbonyl (C=O) groups is 1. The summed E-state index contributed by atoms with van der Waals surface area (Å²) in [6.07, 6.45) is 0. The monoisotopic (exact) mass is 483 g/mol. The highest BCUT2D eigenvalue weighted by Gasteiger charge is 2.28. The number of rotatable bonds is 1. The van der Waals surface area contributed by atoms with E-state index in [1.54, 1.807) is 0 Å². The number of carbonyl (C=O) groups excluding carboxylic acids is 1. The second kappa shape index (κ2) is 8.03. The van der Waals surface area contributed by atoms with Crippen molar-refractivity contribution in [2.45, 2.75) is 11.5 Å². The molecular weight excluding hydrogens is 471 g/mol. The van der Waals surface area contributed by atoms with Crippen molar-refractivity contribution in [2.24, 2.45) is 0 Å². The van der Waals surface area contributed by atoms with Crippen LogP contribution in [0.15, 0.2) is 47.4 Å². The largest absolute Gasteiger partial charge is 0.494 e. The van der Waals surface area contributed by atoms with Crippen molar-refractivity contribution in [2.75, 3.05) is 11.8 Å². The van der Waals surface area contributed by atoms with E-state index in [0.717, 1.165) is 43.5 Å². The predicted octanol–water partition coefficient (Wildman–Crippen LogP) is 4.90. The Hall–Kier alpha value is -3.24. The van der Waals surface area contributed by atoms with E-state index in [0.29, 0.717) is 0 Å². The molecular formula is C21H13ClF3NO5S. The van der Waals surface area contributed by atoms with Crippen LogP contribution in [0, 0.1) is 17.5 Å². The number of sulfonamides is 1. The lowest BCUT2D eigenvalue weighted by Gasteiger charge is -2.15. The Morgan fingerprint density at radius 2 is 1.81 bits per heavy atom. The lowest BCUT2D eigenvalue weighted by atomic mass is 9.99. The zero-order valence-corrected chi connectivity index (χ0v) is 17.8. The summed E-state index contributed by atoms with van der Waals surface area (Å²) in [5.41, 5.74) is -0.636. The van der Waals surface area contributed by atoms with E-state index in [1.165, 1.54) is 6.07 Å². The fraction of sp³-hybridized carbons (Fsp3) is 0.0952. The Bertz CT molecular complexity index is 1380. The van der Waals surface area contributed by atoms with Crippen LogP contribution in [0.3, 0.4) is 0 Å². The topological polar surface area (TPSA) is 81.7 Å². The molecule has 4 bridgehead atoms. The second-order valence-corrected chi connectivity index (χ2v) is 8.85. The van der Waals surface area contributed by atoms with Crippen LogP contribution in [-0.2, 0) is 21.4 Å². The molecule has 6 nitrogen and oxygen atoms in total. The minimum absolute atomic E-state index is 0.0388. The molecule has 0 amide bonds. The number of methoxy groups -OCH3 is 1. The standard InChI is InChI=1S/C21H13ClF3NO5S/c1-30-20-15(22)4-12-7-18(20)32(28,29)26-17-6-11(5-16(24)19(17)25)14-8-13(23)3-2-10(14)9-31-21(12)27/h2-8,26H,9H2,1H3. The van der Waals surface area contributed by atoms with Crippen LogP contribution >= 0.6 is 11.6 Å². The maximum Gasteiger partial charge on any atom is 0.338 e. The number of benzene rings is 3. The van der Waals surface area contributed by atoms with Gasteiger partial charge in [0.05, 0.1) is 23.4 Å². The summed E-state index contributed by atoms with van der Waals surface area (Å²) < 4.78 is 81.1. The molecule has 0 radical (unpaired) electrons. The van der Waals surface area contributed by atoms with Gasteiger partial charge in [0, 0.05) is 0 Å². The first-order valence-electron chi connectivity index (χ1n) is 8.96. The molecule has 0 unspecified atom stereocenters. The van der Waals surface area contributed by atoms with Crippen molar-refractivity contribution in [3.63, 3.8) is 0 Å². The summed E-state index contributed by atoms with van der Waals surface area (Å²) in [6.45, 7) is -0.359. The van der Waals surface area contributed by atoms with E-state index in [9.17, 15) is 26.4 Å². The van der Waals surface area contributed by atoms with Crippen LogP contribution in [0.1, 0.15) is 15.9 Å². The van der Waals surface area contributed by atoms with Gasteiger partial charge in [0.1, 0.15) is 17.3 Å². The van der Waals surface area contributed by atoms with Crippen molar-refractivity contribution in [3.8, 4) is 16.9 Å². The van der Waals surface area contributed by atoms with Gasteiger partial charge in [-0.2, -0.15) is 0 Å². The molecule has 11 heteroatoms. The van der Waals surface area contributed by atoms with Gasteiger partial charge in [-0.15, -0.1) is 0 Å². The first-order valence-corrected chi connectivity index (χ1v) is 10.8. The fourth-order valence-electron chi connectivity index (χ4n) is 3.27. The SMILES string of the molecule is COc1c(Cl)cc2cc1S(=O)(=O)Nc1cc(cc(F)c1F)-c1cc(F)ccc1COC2=O. The third-order valence-electron chi connectivity index (χ3n) is 4.75. The smallest absolute Gasteiger partial charge is 0.338 e. The molecule has 32 heavy (non-hydrogen) atoms. The van der Waals surface area contributed by atoms with Gasteiger partial charge in [-0.25, -0.2) is 26.4 Å². The number of halogens is 4. The number of ether oxygens (including phenoxy) is 2. The van der Waals surface area contributed by atoms with Gasteiger partial charge in [0.2, 0.25) is 0 Å². The molecule has 4 rings (SSSR count). The van der Waals surface area contributed by atoms with Gasteiger partial charge in [0.15, 0.2) is 17.4 Å². The molecule has 1 heterocycles. The number of fused-ring (bicyclic) bond motifs is 6. The zero-order chi connectivity index (χ0) is 23.2. The average molecular weight is 484 g/mol. The van der Waals surface area contributed by atoms with Crippen LogP contribution in [0.5, 0.6) is 5.75 Å². The molecule has 0 saturated carbocycles. The molecule has 3 aromatic carbocycles. The number of anilines is 1. The summed E-state index contributed by atoms with van der Waals surface area (Å²) in [7, 11) is -3.47. The Labute approximate surface area is 185 Å². The van der Waals surface area contributed by atoms with Gasteiger partial charge in [-0.1, -0.05) is 17.7 Å². The molecule has 0 aromatic heterocycles. The van der Waals surface area contributed by atoms with Gasteiger partial charge in [-0.05, 0) is 53.1 Å². The molecule has 3 aromatic rings. The highest BCUT2D eigenvalue weighted by atomic mass is 35.5. The molecule has 0 aliphatic carbocycles. The van der Waals surface area contributed by atoms with E-state index in [-0.39, 0.29) is 39.6 Å². The van der Waals surface area contributed by atoms with Crippen molar-refractivity contribution in [3.05, 3.63) is 76.1 Å². The second-order valence-electron chi connectivity index (χ2n) is 6.79. The van der Waals surface area contributed by atoms with Crippen LogP contribution in [0.25, 0.3) is 11.1 Å². The number of cyclic esters (lactones) is 1. The number of esters is 1. The Morgan fingerprint density at radius 1 is 1.06 bits per heavy atom. The molecule has 1 N–H and O–H groups in total. The summed E-state index contributed by atoms with van der Waals surface area (Å²) >= 11 is 6.09. The van der Waals surface area contributed by atoms with Gasteiger partial charge in [-0.3, -0.25) is 4.72 Å². The Morgan fingerprint density at radius 3 is 2.53 bits per heavy atom. The van der Waals surface area contributed by atoms with E-state index in [4.69, 9.17) is 21.1 Å². The van der Waals surface area contributed by atoms with Crippen molar-refractivity contribution in [1.82, 2.24) is 0 Å². The van der Waals surface area contributed by atoms with Crippen LogP contribution in [0.4, 0.5) is 18.9 Å². The minimum atomic E-state index is -4.62. The van der Waals surface area contributed by atoms with Gasteiger partial charge < -0.3 is 9.47 Å². The number of nitrogens with one attached hydrogen (secondary N) is 1. The third kappa shape index (κ3) is 3.87. The van der Waals surface area contributed by atoms with Crippen molar-refractivity contribution >= 4 is 33.3 Å². The predicted molar refractivity (Wildman–Crippen MR) is 110 cm³/mol. The normalized spacial score (nSPS) is 14.7. The molecule has 0 fully saturated rings. The molecule has 0 saturated heterocycles. The molecule has 166 valence electrons.